The minimum atomic E-state index is -0.841. The van der Waals surface area contributed by atoms with E-state index in [0.29, 0.717) is 41.3 Å². The Labute approximate surface area is 187 Å². The second kappa shape index (κ2) is 8.51. The molecule has 4 aliphatic carbocycles. The Morgan fingerprint density at radius 3 is 2.29 bits per heavy atom. The molecule has 0 N–H and O–H groups in total. The van der Waals surface area contributed by atoms with Gasteiger partial charge in [0.2, 0.25) is 0 Å². The number of fused-ring (bicyclic) bond motifs is 5. The summed E-state index contributed by atoms with van der Waals surface area (Å²) < 4.78 is 9.69. The normalized spacial score (nSPS) is 41.8. The Kier molecular flexibility index (Phi) is 6.26. The quantitative estimate of drug-likeness (QED) is 0.454. The first-order valence-electron chi connectivity index (χ1n) is 12.4. The lowest BCUT2D eigenvalue weighted by Crippen LogP contribution is -2.56. The summed E-state index contributed by atoms with van der Waals surface area (Å²) in [6.45, 7) is 4.88. The number of ether oxygens (including phenoxy) is 2. The number of esters is 2. The lowest BCUT2D eigenvalue weighted by molar-refractivity contribution is -0.159. The van der Waals surface area contributed by atoms with Gasteiger partial charge in [-0.2, -0.15) is 0 Å². The van der Waals surface area contributed by atoms with Gasteiger partial charge in [0.25, 0.3) is 0 Å². The van der Waals surface area contributed by atoms with Crippen LogP contribution >= 0.6 is 0 Å². The zero-order valence-electron chi connectivity index (χ0n) is 19.8. The number of Topliss-reactive ketones (excluding diaryl/α,β-unsaturated/α-hetero) is 1. The minimum absolute atomic E-state index is 0.130. The third-order valence-corrected chi connectivity index (χ3v) is 10.4. The molecular formula is C26H40O5. The molecule has 4 aliphatic rings. The number of carbonyl (C=O) groups is 3. The van der Waals surface area contributed by atoms with Crippen molar-refractivity contribution in [2.24, 2.45) is 46.3 Å². The molecule has 7 unspecified atom stereocenters. The lowest BCUT2D eigenvalue weighted by atomic mass is 9.44. The average molecular weight is 433 g/mol. The van der Waals surface area contributed by atoms with Gasteiger partial charge < -0.3 is 9.47 Å². The van der Waals surface area contributed by atoms with Crippen molar-refractivity contribution in [3.8, 4) is 0 Å². The van der Waals surface area contributed by atoms with Gasteiger partial charge in [0.05, 0.1) is 14.2 Å². The highest BCUT2D eigenvalue weighted by atomic mass is 16.5. The first-order chi connectivity index (χ1) is 14.8. The highest BCUT2D eigenvalue weighted by Crippen LogP contribution is 2.67. The van der Waals surface area contributed by atoms with Crippen molar-refractivity contribution in [1.29, 1.82) is 0 Å². The summed E-state index contributed by atoms with van der Waals surface area (Å²) in [6.07, 6.45) is 11.7. The molecule has 0 aromatic carbocycles. The maximum absolute atomic E-state index is 13.4. The summed E-state index contributed by atoms with van der Waals surface area (Å²) in [5.41, 5.74) is 0.475. The van der Waals surface area contributed by atoms with E-state index in [4.69, 9.17) is 9.47 Å². The van der Waals surface area contributed by atoms with Crippen LogP contribution in [-0.2, 0) is 23.9 Å². The van der Waals surface area contributed by atoms with E-state index in [0.717, 1.165) is 32.1 Å². The molecule has 0 aromatic rings. The summed E-state index contributed by atoms with van der Waals surface area (Å²) in [6, 6.07) is 0. The SMILES string of the molecule is COC(=O)C(CCC1CCC2C3C(=O)CC4CCCCC4(C)C3CCC12C)C(=O)OC. The van der Waals surface area contributed by atoms with Crippen LogP contribution in [0.1, 0.15) is 84.5 Å². The molecule has 0 aliphatic heterocycles. The van der Waals surface area contributed by atoms with Crippen molar-refractivity contribution < 1.29 is 23.9 Å². The molecule has 0 aromatic heterocycles. The first kappa shape index (κ1) is 22.8. The fourth-order valence-electron chi connectivity index (χ4n) is 8.53. The number of hydrogen-bond donors (Lipinski definition) is 0. The molecule has 4 rings (SSSR count). The predicted molar refractivity (Wildman–Crippen MR) is 117 cm³/mol. The van der Waals surface area contributed by atoms with Crippen LogP contribution in [0.4, 0.5) is 0 Å². The van der Waals surface area contributed by atoms with Crippen LogP contribution in [0.25, 0.3) is 0 Å². The predicted octanol–water partition coefficient (Wildman–Crippen LogP) is 4.96. The molecule has 5 nitrogen and oxygen atoms in total. The summed E-state index contributed by atoms with van der Waals surface area (Å²) in [5, 5.41) is 0. The molecule has 0 spiro atoms. The number of methoxy groups -OCH3 is 2. The smallest absolute Gasteiger partial charge is 0.320 e. The van der Waals surface area contributed by atoms with Crippen molar-refractivity contribution in [2.75, 3.05) is 14.2 Å². The van der Waals surface area contributed by atoms with Crippen molar-refractivity contribution in [2.45, 2.75) is 84.5 Å². The van der Waals surface area contributed by atoms with E-state index in [1.807, 2.05) is 0 Å². The Balaban J connectivity index is 1.50. The van der Waals surface area contributed by atoms with E-state index >= 15 is 0 Å². The Morgan fingerprint density at radius 1 is 0.935 bits per heavy atom. The minimum Gasteiger partial charge on any atom is -0.468 e. The van der Waals surface area contributed by atoms with Gasteiger partial charge >= 0.3 is 11.9 Å². The molecule has 0 radical (unpaired) electrons. The van der Waals surface area contributed by atoms with Gasteiger partial charge in [-0.05, 0) is 85.9 Å². The van der Waals surface area contributed by atoms with Gasteiger partial charge in [-0.1, -0.05) is 26.7 Å². The first-order valence-corrected chi connectivity index (χ1v) is 12.4. The number of rotatable bonds is 5. The third-order valence-electron chi connectivity index (χ3n) is 10.4. The van der Waals surface area contributed by atoms with Crippen LogP contribution in [0.15, 0.2) is 0 Å². The molecule has 4 fully saturated rings. The van der Waals surface area contributed by atoms with Crippen LogP contribution in [0.5, 0.6) is 0 Å². The zero-order chi connectivity index (χ0) is 22.4. The molecule has 7 atom stereocenters. The zero-order valence-corrected chi connectivity index (χ0v) is 19.8. The monoisotopic (exact) mass is 432 g/mol. The second-order valence-corrected chi connectivity index (χ2v) is 11.4. The van der Waals surface area contributed by atoms with Gasteiger partial charge in [-0.25, -0.2) is 0 Å². The number of ketones is 1. The summed E-state index contributed by atoms with van der Waals surface area (Å²) >= 11 is 0. The van der Waals surface area contributed by atoms with Crippen LogP contribution in [-0.4, -0.2) is 31.9 Å². The van der Waals surface area contributed by atoms with Crippen molar-refractivity contribution in [1.82, 2.24) is 0 Å². The van der Waals surface area contributed by atoms with Gasteiger partial charge in [0, 0.05) is 12.3 Å². The van der Waals surface area contributed by atoms with Crippen molar-refractivity contribution in [3.05, 3.63) is 0 Å². The summed E-state index contributed by atoms with van der Waals surface area (Å²) in [7, 11) is 2.64. The highest BCUT2D eigenvalue weighted by molar-refractivity contribution is 5.94. The van der Waals surface area contributed by atoms with Gasteiger partial charge in [0.1, 0.15) is 5.78 Å². The fourth-order valence-corrected chi connectivity index (χ4v) is 8.53. The molecule has 0 bridgehead atoms. The van der Waals surface area contributed by atoms with E-state index < -0.39 is 17.9 Å². The lowest BCUT2D eigenvalue weighted by Gasteiger charge is -2.59. The van der Waals surface area contributed by atoms with Crippen molar-refractivity contribution >= 4 is 17.7 Å². The van der Waals surface area contributed by atoms with Crippen LogP contribution in [0, 0.1) is 46.3 Å². The molecule has 31 heavy (non-hydrogen) atoms. The van der Waals surface area contributed by atoms with E-state index in [2.05, 4.69) is 13.8 Å². The van der Waals surface area contributed by atoms with Gasteiger partial charge in [-0.15, -0.1) is 0 Å². The van der Waals surface area contributed by atoms with E-state index in [-0.39, 0.29) is 11.3 Å². The average Bonchev–Trinajstić information content (AvgIpc) is 3.10. The second-order valence-electron chi connectivity index (χ2n) is 11.4. The number of carbonyl (C=O) groups excluding carboxylic acids is 3. The van der Waals surface area contributed by atoms with Crippen LogP contribution in [0.2, 0.25) is 0 Å². The molecular weight excluding hydrogens is 392 g/mol. The molecule has 174 valence electrons. The maximum atomic E-state index is 13.4. The largest absolute Gasteiger partial charge is 0.468 e. The van der Waals surface area contributed by atoms with E-state index in [1.54, 1.807) is 0 Å². The Bertz CT molecular complexity index is 715. The summed E-state index contributed by atoms with van der Waals surface area (Å²) in [4.78, 5) is 37.6. The summed E-state index contributed by atoms with van der Waals surface area (Å²) in [5.74, 6) is 0.951. The van der Waals surface area contributed by atoms with E-state index in [1.165, 1.54) is 46.3 Å². The van der Waals surface area contributed by atoms with Crippen molar-refractivity contribution in [3.63, 3.8) is 0 Å². The molecule has 5 heteroatoms. The number of hydrogen-bond acceptors (Lipinski definition) is 5. The van der Waals surface area contributed by atoms with Crippen LogP contribution in [0.3, 0.4) is 0 Å². The Morgan fingerprint density at radius 2 is 1.61 bits per heavy atom. The molecule has 0 saturated heterocycles. The van der Waals surface area contributed by atoms with Gasteiger partial charge in [-0.3, -0.25) is 14.4 Å². The standard InChI is InChI=1S/C26H40O5/c1-25-13-6-5-7-17(25)15-21(27)22-19-11-9-16(26(19,2)14-12-20(22)25)8-10-18(23(28)30-3)24(29)31-4/h16-20,22H,5-15H2,1-4H3. The Hall–Kier alpha value is -1.39. The fraction of sp³-hybridized carbons (Fsp3) is 0.885. The molecule has 4 saturated carbocycles. The highest BCUT2D eigenvalue weighted by Gasteiger charge is 2.62. The van der Waals surface area contributed by atoms with Crippen LogP contribution < -0.4 is 0 Å². The third kappa shape index (κ3) is 3.64. The van der Waals surface area contributed by atoms with Gasteiger partial charge in [0.15, 0.2) is 5.92 Å². The van der Waals surface area contributed by atoms with E-state index in [9.17, 15) is 14.4 Å². The maximum Gasteiger partial charge on any atom is 0.320 e. The molecule has 0 amide bonds. The molecule has 0 heterocycles. The topological polar surface area (TPSA) is 69.7 Å².